The molecule has 0 amide bonds. The number of pyridine rings is 1. The van der Waals surface area contributed by atoms with Crippen LogP contribution < -0.4 is 10.2 Å². The molecular formula is C20H26Cl2N4. The summed E-state index contributed by atoms with van der Waals surface area (Å²) < 4.78 is 0. The number of nitrogens with one attached hydrogen (secondary N) is 1. The van der Waals surface area contributed by atoms with Crippen molar-refractivity contribution in [2.75, 3.05) is 50.0 Å². The van der Waals surface area contributed by atoms with Gasteiger partial charge in [0.1, 0.15) is 5.82 Å². The molecular weight excluding hydrogens is 367 g/mol. The van der Waals surface area contributed by atoms with E-state index < -0.39 is 0 Å². The maximum Gasteiger partial charge on any atom is 0.126 e. The Bertz CT molecular complexity index is 738. The van der Waals surface area contributed by atoms with Crippen molar-refractivity contribution in [1.29, 1.82) is 0 Å². The zero-order valence-electron chi connectivity index (χ0n) is 15.6. The van der Waals surface area contributed by atoms with E-state index >= 15 is 0 Å². The summed E-state index contributed by atoms with van der Waals surface area (Å²) in [6.45, 7) is 9.41. The van der Waals surface area contributed by atoms with Gasteiger partial charge < -0.3 is 15.1 Å². The van der Waals surface area contributed by atoms with E-state index in [0.29, 0.717) is 10.0 Å². The van der Waals surface area contributed by atoms with Gasteiger partial charge in [0.25, 0.3) is 0 Å². The van der Waals surface area contributed by atoms with Crippen molar-refractivity contribution >= 4 is 34.7 Å². The van der Waals surface area contributed by atoms with Crippen molar-refractivity contribution in [3.8, 4) is 0 Å². The minimum Gasteiger partial charge on any atom is -0.369 e. The van der Waals surface area contributed by atoms with Gasteiger partial charge in [-0.1, -0.05) is 43.1 Å². The van der Waals surface area contributed by atoms with Crippen LogP contribution in [-0.4, -0.2) is 49.7 Å². The third-order valence-electron chi connectivity index (χ3n) is 5.03. The van der Waals surface area contributed by atoms with Crippen LogP contribution in [0.15, 0.2) is 36.5 Å². The standard InChI is InChI=1S/C20H26Cl2N4/c1-20(2,15-4-6-17(21)18(22)12-15)14-24-19-7-5-16(13-23-19)26-10-8-25(3)9-11-26/h4-7,12-13H,8-11,14H2,1-3H3,(H,23,24). The van der Waals surface area contributed by atoms with Gasteiger partial charge in [-0.25, -0.2) is 4.98 Å². The van der Waals surface area contributed by atoms with Gasteiger partial charge in [0.15, 0.2) is 0 Å². The van der Waals surface area contributed by atoms with Gasteiger partial charge in [-0.05, 0) is 36.9 Å². The molecule has 0 radical (unpaired) electrons. The number of halogens is 2. The van der Waals surface area contributed by atoms with Gasteiger partial charge in [-0.15, -0.1) is 0 Å². The van der Waals surface area contributed by atoms with Crippen LogP contribution in [-0.2, 0) is 5.41 Å². The second-order valence-corrected chi connectivity index (χ2v) is 8.37. The fourth-order valence-corrected chi connectivity index (χ4v) is 3.37. The van der Waals surface area contributed by atoms with Crippen LogP contribution in [0, 0.1) is 0 Å². The minimum atomic E-state index is -0.0912. The second-order valence-electron chi connectivity index (χ2n) is 7.56. The van der Waals surface area contributed by atoms with Crippen molar-refractivity contribution in [2.45, 2.75) is 19.3 Å². The molecule has 0 unspecified atom stereocenters. The van der Waals surface area contributed by atoms with Crippen LogP contribution in [0.3, 0.4) is 0 Å². The Kier molecular flexibility index (Phi) is 5.96. The van der Waals surface area contributed by atoms with Gasteiger partial charge in [-0.3, -0.25) is 0 Å². The first-order valence-electron chi connectivity index (χ1n) is 8.94. The molecule has 0 spiro atoms. The fourth-order valence-electron chi connectivity index (χ4n) is 3.07. The number of aromatic nitrogens is 1. The van der Waals surface area contributed by atoms with Crippen LogP contribution in [0.25, 0.3) is 0 Å². The molecule has 2 aromatic rings. The summed E-state index contributed by atoms with van der Waals surface area (Å²) in [6, 6.07) is 10.0. The van der Waals surface area contributed by atoms with E-state index in [-0.39, 0.29) is 5.41 Å². The second kappa shape index (κ2) is 8.03. The SMILES string of the molecule is CN1CCN(c2ccc(NCC(C)(C)c3ccc(Cl)c(Cl)c3)nc2)CC1. The Balaban J connectivity index is 1.61. The van der Waals surface area contributed by atoms with E-state index in [4.69, 9.17) is 23.2 Å². The molecule has 3 rings (SSSR count). The summed E-state index contributed by atoms with van der Waals surface area (Å²) in [7, 11) is 2.16. The van der Waals surface area contributed by atoms with E-state index in [0.717, 1.165) is 44.1 Å². The molecule has 140 valence electrons. The highest BCUT2D eigenvalue weighted by molar-refractivity contribution is 6.42. The van der Waals surface area contributed by atoms with Gasteiger partial charge in [0, 0.05) is 38.1 Å². The third-order valence-corrected chi connectivity index (χ3v) is 5.77. The lowest BCUT2D eigenvalue weighted by Crippen LogP contribution is -2.44. The van der Waals surface area contributed by atoms with E-state index in [1.54, 1.807) is 0 Å². The maximum atomic E-state index is 6.16. The zero-order chi connectivity index (χ0) is 18.7. The molecule has 0 saturated carbocycles. The molecule has 4 nitrogen and oxygen atoms in total. The average Bonchev–Trinajstić information content (AvgIpc) is 2.63. The highest BCUT2D eigenvalue weighted by atomic mass is 35.5. The molecule has 1 aromatic carbocycles. The van der Waals surface area contributed by atoms with Crippen LogP contribution in [0.4, 0.5) is 11.5 Å². The fraction of sp³-hybridized carbons (Fsp3) is 0.450. The van der Waals surface area contributed by atoms with E-state index in [1.807, 2.05) is 24.4 Å². The van der Waals surface area contributed by atoms with E-state index in [1.165, 1.54) is 5.69 Å². The van der Waals surface area contributed by atoms with Crippen molar-refractivity contribution in [3.05, 3.63) is 52.1 Å². The first kappa shape index (κ1) is 19.3. The number of nitrogens with zero attached hydrogens (tertiary/aromatic N) is 3. The van der Waals surface area contributed by atoms with Crippen LogP contribution in [0.1, 0.15) is 19.4 Å². The van der Waals surface area contributed by atoms with Crippen molar-refractivity contribution in [2.24, 2.45) is 0 Å². The Morgan fingerprint density at radius 1 is 1.04 bits per heavy atom. The van der Waals surface area contributed by atoms with E-state index in [9.17, 15) is 0 Å². The van der Waals surface area contributed by atoms with E-state index in [2.05, 4.69) is 53.1 Å². The normalized spacial score (nSPS) is 16.0. The number of rotatable bonds is 5. The first-order chi connectivity index (χ1) is 12.3. The monoisotopic (exact) mass is 392 g/mol. The maximum absolute atomic E-state index is 6.16. The number of hydrogen-bond donors (Lipinski definition) is 1. The summed E-state index contributed by atoms with van der Waals surface area (Å²) >= 11 is 12.2. The Labute approximate surface area is 166 Å². The van der Waals surface area contributed by atoms with Gasteiger partial charge >= 0.3 is 0 Å². The predicted molar refractivity (Wildman–Crippen MR) is 112 cm³/mol. The molecule has 1 aliphatic rings. The van der Waals surface area contributed by atoms with Crippen molar-refractivity contribution in [3.63, 3.8) is 0 Å². The molecule has 2 heterocycles. The molecule has 0 aliphatic carbocycles. The van der Waals surface area contributed by atoms with Crippen molar-refractivity contribution in [1.82, 2.24) is 9.88 Å². The highest BCUT2D eigenvalue weighted by Gasteiger charge is 2.21. The van der Waals surface area contributed by atoms with Gasteiger partial charge in [-0.2, -0.15) is 0 Å². The number of piperazine rings is 1. The summed E-state index contributed by atoms with van der Waals surface area (Å²) in [6.07, 6.45) is 1.96. The highest BCUT2D eigenvalue weighted by Crippen LogP contribution is 2.30. The lowest BCUT2D eigenvalue weighted by molar-refractivity contribution is 0.313. The lowest BCUT2D eigenvalue weighted by Gasteiger charge is -2.33. The smallest absolute Gasteiger partial charge is 0.126 e. The van der Waals surface area contributed by atoms with Crippen LogP contribution >= 0.6 is 23.2 Å². The molecule has 1 saturated heterocycles. The average molecular weight is 393 g/mol. The number of anilines is 2. The number of hydrogen-bond acceptors (Lipinski definition) is 4. The largest absolute Gasteiger partial charge is 0.369 e. The zero-order valence-corrected chi connectivity index (χ0v) is 17.1. The molecule has 1 aliphatic heterocycles. The molecule has 1 aromatic heterocycles. The molecule has 26 heavy (non-hydrogen) atoms. The summed E-state index contributed by atoms with van der Waals surface area (Å²) in [4.78, 5) is 9.33. The first-order valence-corrected chi connectivity index (χ1v) is 9.70. The minimum absolute atomic E-state index is 0.0912. The Morgan fingerprint density at radius 2 is 1.77 bits per heavy atom. The summed E-state index contributed by atoms with van der Waals surface area (Å²) in [5, 5.41) is 4.61. The predicted octanol–water partition coefficient (Wildman–Crippen LogP) is 4.53. The van der Waals surface area contributed by atoms with Crippen LogP contribution in [0.2, 0.25) is 10.0 Å². The molecule has 1 fully saturated rings. The summed E-state index contributed by atoms with van der Waals surface area (Å²) in [5.74, 6) is 0.885. The van der Waals surface area contributed by atoms with Gasteiger partial charge in [0.05, 0.1) is 21.9 Å². The quantitative estimate of drug-likeness (QED) is 0.809. The molecule has 0 atom stereocenters. The van der Waals surface area contributed by atoms with Gasteiger partial charge in [0.2, 0.25) is 0 Å². The molecule has 0 bridgehead atoms. The molecule has 1 N–H and O–H groups in total. The molecule has 6 heteroatoms. The lowest BCUT2D eigenvalue weighted by atomic mass is 9.84. The van der Waals surface area contributed by atoms with Crippen LogP contribution in [0.5, 0.6) is 0 Å². The number of benzene rings is 1. The summed E-state index contributed by atoms with van der Waals surface area (Å²) in [5.41, 5.74) is 2.24. The number of likely N-dealkylation sites (N-methyl/N-ethyl adjacent to an activating group) is 1. The Hall–Kier alpha value is -1.49. The third kappa shape index (κ3) is 4.61. The van der Waals surface area contributed by atoms with Crippen molar-refractivity contribution < 1.29 is 0 Å². The Morgan fingerprint density at radius 3 is 2.38 bits per heavy atom. The topological polar surface area (TPSA) is 31.4 Å².